The fourth-order valence-electron chi connectivity index (χ4n) is 4.73. The van der Waals surface area contributed by atoms with Gasteiger partial charge < -0.3 is 4.57 Å². The number of carbonyl (C=O) groups is 1. The first-order valence-electron chi connectivity index (χ1n) is 11.6. The molecule has 5 aromatic rings. The van der Waals surface area contributed by atoms with Gasteiger partial charge in [-0.15, -0.1) is 0 Å². The van der Waals surface area contributed by atoms with Gasteiger partial charge in [0.2, 0.25) is 0 Å². The van der Waals surface area contributed by atoms with Gasteiger partial charge in [0.05, 0.1) is 16.2 Å². The van der Waals surface area contributed by atoms with Gasteiger partial charge in [0.25, 0.3) is 11.5 Å². The number of carbonyl (C=O) groups excluding carboxylic acids is 1. The molecule has 0 aliphatic heterocycles. The molecule has 0 bridgehead atoms. The van der Waals surface area contributed by atoms with Crippen LogP contribution in [0, 0.1) is 12.3 Å². The minimum atomic E-state index is -0.542. The molecule has 0 saturated carbocycles. The lowest BCUT2D eigenvalue weighted by Gasteiger charge is -2.15. The zero-order chi connectivity index (χ0) is 26.1. The molecule has 0 fully saturated rings. The second-order valence-electron chi connectivity index (χ2n) is 10.2. The van der Waals surface area contributed by atoms with Crippen LogP contribution in [0.5, 0.6) is 0 Å². The van der Waals surface area contributed by atoms with Crippen molar-refractivity contribution in [1.82, 2.24) is 18.9 Å². The Hall–Kier alpha value is -3.35. The maximum absolute atomic E-state index is 13.3. The standard InChI is InChI=1S/C28H26Cl2N4O2/c1-15-14-34(27(36)28(2,3)4)31-24(15)16-7-10-23-19(11-16)20-13-21(18-9-8-17(29)12-22(18)30)26(35)33(6)25(20)32(23)5/h7-14H,1-6H3. The Morgan fingerprint density at radius 1 is 0.917 bits per heavy atom. The number of hydrogen-bond acceptors (Lipinski definition) is 3. The molecule has 36 heavy (non-hydrogen) atoms. The first-order valence-corrected chi connectivity index (χ1v) is 12.3. The van der Waals surface area contributed by atoms with E-state index in [0.717, 1.165) is 38.8 Å². The molecule has 184 valence electrons. The van der Waals surface area contributed by atoms with E-state index in [-0.39, 0.29) is 11.5 Å². The van der Waals surface area contributed by atoms with Crippen LogP contribution in [0.1, 0.15) is 31.1 Å². The molecule has 0 amide bonds. The molecular weight excluding hydrogens is 495 g/mol. The number of pyridine rings is 1. The number of aryl methyl sites for hydroxylation is 3. The van der Waals surface area contributed by atoms with E-state index < -0.39 is 5.41 Å². The second-order valence-corrected chi connectivity index (χ2v) is 11.1. The highest BCUT2D eigenvalue weighted by molar-refractivity contribution is 6.36. The largest absolute Gasteiger partial charge is 0.330 e. The number of benzene rings is 2. The van der Waals surface area contributed by atoms with E-state index >= 15 is 0 Å². The van der Waals surface area contributed by atoms with E-state index in [0.29, 0.717) is 21.2 Å². The van der Waals surface area contributed by atoms with E-state index in [1.54, 1.807) is 36.0 Å². The van der Waals surface area contributed by atoms with E-state index in [4.69, 9.17) is 23.2 Å². The van der Waals surface area contributed by atoms with Crippen LogP contribution in [0.25, 0.3) is 44.3 Å². The van der Waals surface area contributed by atoms with Gasteiger partial charge in [-0.05, 0) is 42.8 Å². The van der Waals surface area contributed by atoms with Crippen molar-refractivity contribution in [3.63, 3.8) is 0 Å². The lowest BCUT2D eigenvalue weighted by molar-refractivity contribution is 0.0749. The Labute approximate surface area is 218 Å². The summed E-state index contributed by atoms with van der Waals surface area (Å²) in [7, 11) is 3.71. The summed E-state index contributed by atoms with van der Waals surface area (Å²) >= 11 is 12.6. The first-order chi connectivity index (χ1) is 16.9. The van der Waals surface area contributed by atoms with Crippen molar-refractivity contribution in [2.45, 2.75) is 27.7 Å². The molecular formula is C28H26Cl2N4O2. The number of aromatic nitrogens is 4. The molecule has 0 spiro atoms. The van der Waals surface area contributed by atoms with Crippen LogP contribution < -0.4 is 5.56 Å². The molecule has 0 atom stereocenters. The molecule has 3 heterocycles. The molecule has 0 saturated heterocycles. The van der Waals surface area contributed by atoms with Gasteiger partial charge >= 0.3 is 0 Å². The zero-order valence-electron chi connectivity index (χ0n) is 21.0. The van der Waals surface area contributed by atoms with Crippen LogP contribution in [0.2, 0.25) is 10.0 Å². The van der Waals surface area contributed by atoms with E-state index in [1.165, 1.54) is 4.68 Å². The van der Waals surface area contributed by atoms with Gasteiger partial charge in [-0.1, -0.05) is 56.1 Å². The summed E-state index contributed by atoms with van der Waals surface area (Å²) in [5.41, 5.74) is 4.77. The fourth-order valence-corrected chi connectivity index (χ4v) is 5.24. The van der Waals surface area contributed by atoms with Crippen LogP contribution in [-0.4, -0.2) is 24.8 Å². The smallest absolute Gasteiger partial charge is 0.259 e. The Balaban J connectivity index is 1.76. The van der Waals surface area contributed by atoms with Crippen molar-refractivity contribution < 1.29 is 4.79 Å². The van der Waals surface area contributed by atoms with Crippen molar-refractivity contribution >= 4 is 51.0 Å². The molecule has 0 N–H and O–H groups in total. The minimum Gasteiger partial charge on any atom is -0.330 e. The van der Waals surface area contributed by atoms with Crippen LogP contribution in [-0.2, 0) is 14.1 Å². The lowest BCUT2D eigenvalue weighted by atomic mass is 9.96. The molecule has 8 heteroatoms. The first kappa shape index (κ1) is 24.3. The Morgan fingerprint density at radius 2 is 1.64 bits per heavy atom. The molecule has 6 nitrogen and oxygen atoms in total. The number of halogens is 2. The Bertz CT molecular complexity index is 1770. The van der Waals surface area contributed by atoms with Gasteiger partial charge in [0, 0.05) is 58.2 Å². The van der Waals surface area contributed by atoms with Gasteiger partial charge in [0.15, 0.2) is 0 Å². The highest BCUT2D eigenvalue weighted by Crippen LogP contribution is 2.35. The summed E-state index contributed by atoms with van der Waals surface area (Å²) in [6.45, 7) is 7.58. The molecule has 0 aliphatic carbocycles. The average Bonchev–Trinajstić information content (AvgIpc) is 3.33. The summed E-state index contributed by atoms with van der Waals surface area (Å²) in [6, 6.07) is 13.1. The molecule has 5 rings (SSSR count). The van der Waals surface area contributed by atoms with Crippen LogP contribution in [0.15, 0.2) is 53.5 Å². The number of rotatable bonds is 2. The number of fused-ring (bicyclic) bond motifs is 3. The highest BCUT2D eigenvalue weighted by atomic mass is 35.5. The Kier molecular flexibility index (Phi) is 5.65. The predicted molar refractivity (Wildman–Crippen MR) is 147 cm³/mol. The summed E-state index contributed by atoms with van der Waals surface area (Å²) in [6.07, 6.45) is 1.78. The van der Waals surface area contributed by atoms with E-state index in [1.807, 2.05) is 57.5 Å². The monoisotopic (exact) mass is 520 g/mol. The summed E-state index contributed by atoms with van der Waals surface area (Å²) in [5.74, 6) is -0.0671. The van der Waals surface area contributed by atoms with E-state index in [2.05, 4.69) is 11.2 Å². The SMILES string of the molecule is Cc1cn(C(=O)C(C)(C)C)nc1-c1ccc2c(c1)c1cc(-c3ccc(Cl)cc3Cl)c(=O)n(C)c1n2C. The second kappa shape index (κ2) is 8.36. The quantitative estimate of drug-likeness (QED) is 0.255. The van der Waals surface area contributed by atoms with Crippen LogP contribution >= 0.6 is 23.2 Å². The van der Waals surface area contributed by atoms with Gasteiger partial charge in [-0.3, -0.25) is 14.2 Å². The van der Waals surface area contributed by atoms with Crippen molar-refractivity contribution in [3.05, 3.63) is 74.6 Å². The Morgan fingerprint density at radius 3 is 2.31 bits per heavy atom. The molecule has 3 aromatic heterocycles. The topological polar surface area (TPSA) is 61.8 Å². The molecule has 2 aromatic carbocycles. The summed E-state index contributed by atoms with van der Waals surface area (Å²) in [5, 5.41) is 7.46. The van der Waals surface area contributed by atoms with Gasteiger partial charge in [0.1, 0.15) is 5.65 Å². The maximum atomic E-state index is 13.3. The predicted octanol–water partition coefficient (Wildman–Crippen LogP) is 6.86. The number of hydrogen-bond donors (Lipinski definition) is 0. The van der Waals surface area contributed by atoms with Crippen LogP contribution in [0.3, 0.4) is 0 Å². The van der Waals surface area contributed by atoms with Crippen molar-refractivity contribution in [2.75, 3.05) is 0 Å². The van der Waals surface area contributed by atoms with Crippen LogP contribution in [0.4, 0.5) is 0 Å². The van der Waals surface area contributed by atoms with Crippen molar-refractivity contribution in [2.24, 2.45) is 19.5 Å². The molecule has 0 unspecified atom stereocenters. The molecule has 0 radical (unpaired) electrons. The third kappa shape index (κ3) is 3.76. The summed E-state index contributed by atoms with van der Waals surface area (Å²) in [4.78, 5) is 26.1. The normalized spacial score (nSPS) is 12.1. The van der Waals surface area contributed by atoms with Crippen molar-refractivity contribution in [3.8, 4) is 22.4 Å². The van der Waals surface area contributed by atoms with Crippen molar-refractivity contribution in [1.29, 1.82) is 0 Å². The highest BCUT2D eigenvalue weighted by Gasteiger charge is 2.25. The maximum Gasteiger partial charge on any atom is 0.259 e. The minimum absolute atomic E-state index is 0.0671. The third-order valence-corrected chi connectivity index (χ3v) is 7.14. The summed E-state index contributed by atoms with van der Waals surface area (Å²) < 4.78 is 5.09. The lowest BCUT2D eigenvalue weighted by Crippen LogP contribution is -2.27. The molecule has 0 aliphatic rings. The van der Waals surface area contributed by atoms with Gasteiger partial charge in [-0.25, -0.2) is 4.68 Å². The number of nitrogens with zero attached hydrogens (tertiary/aromatic N) is 4. The average molecular weight is 521 g/mol. The van der Waals surface area contributed by atoms with E-state index in [9.17, 15) is 9.59 Å². The zero-order valence-corrected chi connectivity index (χ0v) is 22.5. The fraction of sp³-hybridized carbons (Fsp3) is 0.250. The van der Waals surface area contributed by atoms with Gasteiger partial charge in [-0.2, -0.15) is 5.10 Å². The third-order valence-electron chi connectivity index (χ3n) is 6.59.